The number of halogens is 1. The molecule has 1 N–H and O–H groups in total. The Morgan fingerprint density at radius 3 is 2.51 bits per heavy atom. The zero-order chi connectivity index (χ0) is 24.4. The SMILES string of the molecule is CCOc1ccc(C2c3c(-c4ccc(Cl)cc4)n[nH]c3C(=O)N2CCc2ccccc2)cc1OC. The van der Waals surface area contributed by atoms with E-state index in [4.69, 9.17) is 21.1 Å². The van der Waals surface area contributed by atoms with Gasteiger partial charge >= 0.3 is 0 Å². The summed E-state index contributed by atoms with van der Waals surface area (Å²) in [5.41, 5.74) is 5.12. The molecule has 5 rings (SSSR count). The van der Waals surface area contributed by atoms with Crippen LogP contribution >= 0.6 is 11.6 Å². The van der Waals surface area contributed by atoms with E-state index in [1.165, 1.54) is 5.56 Å². The Bertz CT molecular complexity index is 1340. The molecule has 6 nitrogen and oxygen atoms in total. The van der Waals surface area contributed by atoms with E-state index in [-0.39, 0.29) is 11.9 Å². The van der Waals surface area contributed by atoms with Crippen molar-refractivity contribution in [1.29, 1.82) is 0 Å². The van der Waals surface area contributed by atoms with Gasteiger partial charge in [0, 0.05) is 22.7 Å². The molecule has 35 heavy (non-hydrogen) atoms. The van der Waals surface area contributed by atoms with Gasteiger partial charge in [-0.05, 0) is 48.7 Å². The maximum atomic E-state index is 13.6. The summed E-state index contributed by atoms with van der Waals surface area (Å²) in [6.45, 7) is 3.03. The van der Waals surface area contributed by atoms with Crippen LogP contribution in [-0.4, -0.2) is 41.3 Å². The zero-order valence-electron chi connectivity index (χ0n) is 19.6. The number of benzene rings is 3. The summed E-state index contributed by atoms with van der Waals surface area (Å²) in [6, 6.07) is 23.2. The third kappa shape index (κ3) is 4.37. The van der Waals surface area contributed by atoms with Crippen molar-refractivity contribution in [3.05, 3.63) is 100 Å². The number of aromatic amines is 1. The first-order valence-corrected chi connectivity index (χ1v) is 12.0. The third-order valence-corrected chi connectivity index (χ3v) is 6.52. The average molecular weight is 488 g/mol. The van der Waals surface area contributed by atoms with E-state index in [0.29, 0.717) is 35.4 Å². The molecule has 1 amide bonds. The Hall–Kier alpha value is -3.77. The minimum absolute atomic E-state index is 0.0681. The van der Waals surface area contributed by atoms with Crippen molar-refractivity contribution in [3.63, 3.8) is 0 Å². The van der Waals surface area contributed by atoms with E-state index in [1.807, 2.05) is 72.5 Å². The Balaban J connectivity index is 1.59. The van der Waals surface area contributed by atoms with Crippen molar-refractivity contribution in [2.45, 2.75) is 19.4 Å². The van der Waals surface area contributed by atoms with E-state index < -0.39 is 0 Å². The van der Waals surface area contributed by atoms with E-state index in [0.717, 1.165) is 28.8 Å². The minimum Gasteiger partial charge on any atom is -0.493 e. The summed E-state index contributed by atoms with van der Waals surface area (Å²) in [5.74, 6) is 1.23. The lowest BCUT2D eigenvalue weighted by Crippen LogP contribution is -2.31. The number of nitrogens with one attached hydrogen (secondary N) is 1. The van der Waals surface area contributed by atoms with Crippen LogP contribution in [0.25, 0.3) is 11.3 Å². The highest BCUT2D eigenvalue weighted by atomic mass is 35.5. The predicted molar refractivity (Wildman–Crippen MR) is 136 cm³/mol. The largest absolute Gasteiger partial charge is 0.493 e. The number of ether oxygens (including phenoxy) is 2. The molecule has 7 heteroatoms. The summed E-state index contributed by atoms with van der Waals surface area (Å²) in [4.78, 5) is 15.5. The fourth-order valence-electron chi connectivity index (χ4n) is 4.62. The van der Waals surface area contributed by atoms with E-state index in [1.54, 1.807) is 7.11 Å². The number of aromatic nitrogens is 2. The van der Waals surface area contributed by atoms with Gasteiger partial charge in [-0.15, -0.1) is 0 Å². The maximum absolute atomic E-state index is 13.6. The monoisotopic (exact) mass is 487 g/mol. The molecule has 1 aliphatic heterocycles. The number of carbonyl (C=O) groups excluding carboxylic acids is 1. The second kappa shape index (κ2) is 9.84. The fourth-order valence-corrected chi connectivity index (χ4v) is 4.75. The molecule has 0 saturated carbocycles. The molecule has 0 bridgehead atoms. The van der Waals surface area contributed by atoms with Gasteiger partial charge in [-0.3, -0.25) is 9.89 Å². The molecule has 2 heterocycles. The van der Waals surface area contributed by atoms with Crippen LogP contribution in [0.15, 0.2) is 72.8 Å². The summed E-state index contributed by atoms with van der Waals surface area (Å²) >= 11 is 6.12. The first-order valence-electron chi connectivity index (χ1n) is 11.6. The van der Waals surface area contributed by atoms with Crippen molar-refractivity contribution in [3.8, 4) is 22.8 Å². The normalized spacial score (nSPS) is 14.8. The van der Waals surface area contributed by atoms with Gasteiger partial charge in [-0.2, -0.15) is 5.10 Å². The number of nitrogens with zero attached hydrogens (tertiary/aromatic N) is 2. The van der Waals surface area contributed by atoms with Gasteiger partial charge < -0.3 is 14.4 Å². The molecule has 178 valence electrons. The van der Waals surface area contributed by atoms with Crippen LogP contribution in [0.5, 0.6) is 11.5 Å². The lowest BCUT2D eigenvalue weighted by Gasteiger charge is -2.27. The fraction of sp³-hybridized carbons (Fsp3) is 0.214. The van der Waals surface area contributed by atoms with Crippen molar-refractivity contribution in [2.24, 2.45) is 0 Å². The molecule has 3 aromatic carbocycles. The number of hydrogen-bond donors (Lipinski definition) is 1. The molecule has 0 spiro atoms. The van der Waals surface area contributed by atoms with E-state index >= 15 is 0 Å². The second-order valence-electron chi connectivity index (χ2n) is 8.35. The van der Waals surface area contributed by atoms with Crippen LogP contribution in [0.4, 0.5) is 0 Å². The first kappa shape index (κ1) is 23.0. The molecule has 1 aliphatic rings. The standard InChI is InChI=1S/C28H26ClN3O3/c1-3-35-22-14-11-20(17-23(22)34-2)27-24-25(19-9-12-21(29)13-10-19)30-31-26(24)28(33)32(27)16-15-18-7-5-4-6-8-18/h4-14,17,27H,3,15-16H2,1-2H3,(H,30,31). The highest BCUT2D eigenvalue weighted by Crippen LogP contribution is 2.44. The van der Waals surface area contributed by atoms with Crippen molar-refractivity contribution in [1.82, 2.24) is 15.1 Å². The molecule has 0 aliphatic carbocycles. The predicted octanol–water partition coefficient (Wildman–Crippen LogP) is 5.93. The van der Waals surface area contributed by atoms with Crippen molar-refractivity contribution < 1.29 is 14.3 Å². The quantitative estimate of drug-likeness (QED) is 0.334. The van der Waals surface area contributed by atoms with Crippen LogP contribution in [-0.2, 0) is 6.42 Å². The molecule has 1 unspecified atom stereocenters. The smallest absolute Gasteiger partial charge is 0.273 e. The van der Waals surface area contributed by atoms with Gasteiger partial charge in [0.15, 0.2) is 11.5 Å². The Kier molecular flexibility index (Phi) is 6.47. The highest BCUT2D eigenvalue weighted by molar-refractivity contribution is 6.30. The molecule has 4 aromatic rings. The number of hydrogen-bond acceptors (Lipinski definition) is 4. The lowest BCUT2D eigenvalue weighted by molar-refractivity contribution is 0.0745. The molecule has 1 aromatic heterocycles. The van der Waals surface area contributed by atoms with Gasteiger partial charge in [0.2, 0.25) is 0 Å². The topological polar surface area (TPSA) is 67.5 Å². The molecule has 1 atom stereocenters. The third-order valence-electron chi connectivity index (χ3n) is 6.27. The molecule has 0 radical (unpaired) electrons. The summed E-state index contributed by atoms with van der Waals surface area (Å²) < 4.78 is 11.3. The molecular weight excluding hydrogens is 462 g/mol. The Morgan fingerprint density at radius 2 is 1.80 bits per heavy atom. The average Bonchev–Trinajstić information content (AvgIpc) is 3.43. The van der Waals surface area contributed by atoms with Gasteiger partial charge in [-0.25, -0.2) is 0 Å². The van der Waals surface area contributed by atoms with E-state index in [2.05, 4.69) is 22.3 Å². The second-order valence-corrected chi connectivity index (χ2v) is 8.78. The van der Waals surface area contributed by atoms with Crippen molar-refractivity contribution in [2.75, 3.05) is 20.3 Å². The number of fused-ring (bicyclic) bond motifs is 1. The highest BCUT2D eigenvalue weighted by Gasteiger charge is 2.42. The summed E-state index contributed by atoms with van der Waals surface area (Å²) in [6.07, 6.45) is 0.741. The molecular formula is C28H26ClN3O3. The number of carbonyl (C=O) groups is 1. The van der Waals surface area contributed by atoms with Gasteiger partial charge in [0.1, 0.15) is 5.69 Å². The Morgan fingerprint density at radius 1 is 1.03 bits per heavy atom. The summed E-state index contributed by atoms with van der Waals surface area (Å²) in [7, 11) is 1.62. The van der Waals surface area contributed by atoms with Gasteiger partial charge in [-0.1, -0.05) is 60.1 Å². The Labute approximate surface area is 209 Å². The van der Waals surface area contributed by atoms with Crippen LogP contribution < -0.4 is 9.47 Å². The van der Waals surface area contributed by atoms with Crippen LogP contribution in [0.1, 0.15) is 40.1 Å². The minimum atomic E-state index is -0.324. The van der Waals surface area contributed by atoms with Gasteiger partial charge in [0.25, 0.3) is 5.91 Å². The van der Waals surface area contributed by atoms with Gasteiger partial charge in [0.05, 0.1) is 25.5 Å². The number of H-pyrrole nitrogens is 1. The van der Waals surface area contributed by atoms with Crippen LogP contribution in [0, 0.1) is 0 Å². The number of methoxy groups -OCH3 is 1. The lowest BCUT2D eigenvalue weighted by atomic mass is 9.95. The number of rotatable bonds is 8. The van der Waals surface area contributed by atoms with E-state index in [9.17, 15) is 4.79 Å². The van der Waals surface area contributed by atoms with Crippen LogP contribution in [0.2, 0.25) is 5.02 Å². The maximum Gasteiger partial charge on any atom is 0.273 e. The summed E-state index contributed by atoms with van der Waals surface area (Å²) in [5, 5.41) is 8.19. The molecule has 0 fully saturated rings. The van der Waals surface area contributed by atoms with Crippen LogP contribution in [0.3, 0.4) is 0 Å². The first-order chi connectivity index (χ1) is 17.1. The zero-order valence-corrected chi connectivity index (χ0v) is 20.4. The molecule has 0 saturated heterocycles. The van der Waals surface area contributed by atoms with Crippen molar-refractivity contribution >= 4 is 17.5 Å². The number of amides is 1.